The van der Waals surface area contributed by atoms with Crippen molar-refractivity contribution in [2.75, 3.05) is 12.5 Å². The Kier molecular flexibility index (Phi) is 5.81. The molecule has 3 aromatic rings. The van der Waals surface area contributed by atoms with Gasteiger partial charge in [-0.15, -0.1) is 11.3 Å². The minimum atomic E-state index is -4.53. The number of alkyl halides is 3. The van der Waals surface area contributed by atoms with Crippen LogP contribution in [0.2, 0.25) is 0 Å². The maximum atomic E-state index is 13.3. The summed E-state index contributed by atoms with van der Waals surface area (Å²) in [6, 6.07) is 11.8. The van der Waals surface area contributed by atoms with Gasteiger partial charge in [0.25, 0.3) is 0 Å². The van der Waals surface area contributed by atoms with Crippen molar-refractivity contribution >= 4 is 38.6 Å². The van der Waals surface area contributed by atoms with E-state index in [1.54, 1.807) is 0 Å². The third-order valence-corrected chi connectivity index (χ3v) is 4.96. The Balaban J connectivity index is 1.85. The van der Waals surface area contributed by atoms with Gasteiger partial charge in [0, 0.05) is 16.5 Å². The zero-order chi connectivity index (χ0) is 19.4. The minimum absolute atomic E-state index is 0.0551. The van der Waals surface area contributed by atoms with E-state index < -0.39 is 11.7 Å². The van der Waals surface area contributed by atoms with E-state index in [1.165, 1.54) is 24.5 Å². The molecule has 0 aliphatic heterocycles. The Bertz CT molecular complexity index is 958. The summed E-state index contributed by atoms with van der Waals surface area (Å²) in [5.74, 6) is 0.0551. The molecule has 9 heteroatoms. The van der Waals surface area contributed by atoms with Crippen LogP contribution in [0.5, 0.6) is 5.75 Å². The standard InChI is InChI=1S/C18H13BrF3N3OS/c1-26-16-12(13(18(20,21)22)7-8-14(16)19)9-23-25-17-24-15(10-27-17)11-5-3-2-4-6-11/h2-10H,1H3,(H,24,25). The van der Waals surface area contributed by atoms with Crippen molar-refractivity contribution in [3.8, 4) is 17.0 Å². The molecule has 0 amide bonds. The predicted octanol–water partition coefficient (Wildman–Crippen LogP) is 6.05. The van der Waals surface area contributed by atoms with E-state index in [0.717, 1.165) is 23.5 Å². The van der Waals surface area contributed by atoms with Crippen LogP contribution in [0.15, 0.2) is 57.4 Å². The molecule has 0 bridgehead atoms. The zero-order valence-electron chi connectivity index (χ0n) is 13.9. The Labute approximate surface area is 165 Å². The van der Waals surface area contributed by atoms with Crippen molar-refractivity contribution < 1.29 is 17.9 Å². The molecular formula is C18H13BrF3N3OS. The average molecular weight is 456 g/mol. The predicted molar refractivity (Wildman–Crippen MR) is 104 cm³/mol. The molecule has 0 unspecified atom stereocenters. The number of thiazole rings is 1. The molecule has 0 fully saturated rings. The van der Waals surface area contributed by atoms with Gasteiger partial charge in [0.2, 0.25) is 5.13 Å². The molecule has 0 saturated heterocycles. The molecule has 0 radical (unpaired) electrons. The van der Waals surface area contributed by atoms with E-state index in [0.29, 0.717) is 9.60 Å². The molecule has 0 aliphatic carbocycles. The molecule has 0 aliphatic rings. The first kappa shape index (κ1) is 19.4. The third-order valence-electron chi connectivity index (χ3n) is 3.59. The number of aromatic nitrogens is 1. The van der Waals surface area contributed by atoms with Crippen molar-refractivity contribution in [1.82, 2.24) is 4.98 Å². The quantitative estimate of drug-likeness (QED) is 0.376. The van der Waals surface area contributed by atoms with Crippen LogP contribution in [0.3, 0.4) is 0 Å². The number of hydrogen-bond acceptors (Lipinski definition) is 5. The number of hydrazone groups is 1. The summed E-state index contributed by atoms with van der Waals surface area (Å²) in [7, 11) is 1.30. The van der Waals surface area contributed by atoms with Crippen molar-refractivity contribution in [2.45, 2.75) is 6.18 Å². The van der Waals surface area contributed by atoms with Crippen LogP contribution in [-0.2, 0) is 6.18 Å². The summed E-state index contributed by atoms with van der Waals surface area (Å²) in [6.45, 7) is 0. The van der Waals surface area contributed by atoms with E-state index in [9.17, 15) is 13.2 Å². The lowest BCUT2D eigenvalue weighted by Gasteiger charge is -2.14. The fourth-order valence-corrected chi connectivity index (χ4v) is 3.55. The van der Waals surface area contributed by atoms with E-state index in [-0.39, 0.29) is 11.3 Å². The molecule has 140 valence electrons. The summed E-state index contributed by atoms with van der Waals surface area (Å²) in [5.41, 5.74) is 3.36. The second kappa shape index (κ2) is 8.10. The first-order valence-electron chi connectivity index (χ1n) is 7.64. The van der Waals surface area contributed by atoms with Gasteiger partial charge in [-0.1, -0.05) is 30.3 Å². The van der Waals surface area contributed by atoms with Crippen molar-refractivity contribution in [3.05, 3.63) is 63.4 Å². The lowest BCUT2D eigenvalue weighted by Crippen LogP contribution is -2.11. The Morgan fingerprint density at radius 2 is 1.93 bits per heavy atom. The lowest BCUT2D eigenvalue weighted by atomic mass is 10.1. The molecule has 1 aromatic heterocycles. The van der Waals surface area contributed by atoms with Crippen LogP contribution in [0.25, 0.3) is 11.3 Å². The van der Waals surface area contributed by atoms with E-state index in [4.69, 9.17) is 4.74 Å². The molecular weight excluding hydrogens is 443 g/mol. The van der Waals surface area contributed by atoms with Gasteiger partial charge >= 0.3 is 6.18 Å². The first-order valence-corrected chi connectivity index (χ1v) is 9.31. The highest BCUT2D eigenvalue weighted by molar-refractivity contribution is 9.10. The SMILES string of the molecule is COc1c(Br)ccc(C(F)(F)F)c1C=NNc1nc(-c2ccccc2)cs1. The average Bonchev–Trinajstić information content (AvgIpc) is 3.10. The second-order valence-corrected chi connectivity index (χ2v) is 7.03. The summed E-state index contributed by atoms with van der Waals surface area (Å²) in [4.78, 5) is 4.37. The van der Waals surface area contributed by atoms with Crippen LogP contribution in [0, 0.1) is 0 Å². The summed E-state index contributed by atoms with van der Waals surface area (Å²) in [5, 5.41) is 6.22. The minimum Gasteiger partial charge on any atom is -0.495 e. The van der Waals surface area contributed by atoms with Gasteiger partial charge in [0.1, 0.15) is 5.75 Å². The summed E-state index contributed by atoms with van der Waals surface area (Å²) in [6.07, 6.45) is -3.45. The number of benzene rings is 2. The fraction of sp³-hybridized carbons (Fsp3) is 0.111. The Hall–Kier alpha value is -2.39. The number of ether oxygens (including phenoxy) is 1. The monoisotopic (exact) mass is 455 g/mol. The third kappa shape index (κ3) is 4.48. The number of hydrogen-bond donors (Lipinski definition) is 1. The van der Waals surface area contributed by atoms with Gasteiger partial charge in [0.05, 0.1) is 29.1 Å². The summed E-state index contributed by atoms with van der Waals surface area (Å²) >= 11 is 4.49. The highest BCUT2D eigenvalue weighted by atomic mass is 79.9. The van der Waals surface area contributed by atoms with Gasteiger partial charge in [-0.25, -0.2) is 4.98 Å². The highest BCUT2D eigenvalue weighted by Crippen LogP contribution is 2.38. The number of rotatable bonds is 5. The molecule has 4 nitrogen and oxygen atoms in total. The van der Waals surface area contributed by atoms with Gasteiger partial charge < -0.3 is 4.74 Å². The summed E-state index contributed by atoms with van der Waals surface area (Å²) < 4.78 is 45.3. The van der Waals surface area contributed by atoms with Crippen molar-refractivity contribution in [3.63, 3.8) is 0 Å². The molecule has 3 rings (SSSR count). The van der Waals surface area contributed by atoms with E-state index in [1.807, 2.05) is 35.7 Å². The van der Waals surface area contributed by atoms with Crippen LogP contribution < -0.4 is 10.2 Å². The molecule has 0 atom stereocenters. The molecule has 27 heavy (non-hydrogen) atoms. The Morgan fingerprint density at radius 3 is 2.59 bits per heavy atom. The van der Waals surface area contributed by atoms with Gasteiger partial charge in [0.15, 0.2) is 0 Å². The van der Waals surface area contributed by atoms with Crippen LogP contribution in [0.4, 0.5) is 18.3 Å². The van der Waals surface area contributed by atoms with Crippen LogP contribution >= 0.6 is 27.3 Å². The molecule has 2 aromatic carbocycles. The van der Waals surface area contributed by atoms with Crippen LogP contribution in [-0.4, -0.2) is 18.3 Å². The van der Waals surface area contributed by atoms with Crippen molar-refractivity contribution in [1.29, 1.82) is 0 Å². The maximum Gasteiger partial charge on any atom is 0.417 e. The normalized spacial score (nSPS) is 11.7. The number of anilines is 1. The maximum absolute atomic E-state index is 13.3. The topological polar surface area (TPSA) is 46.5 Å². The largest absolute Gasteiger partial charge is 0.495 e. The zero-order valence-corrected chi connectivity index (χ0v) is 16.3. The van der Waals surface area contributed by atoms with E-state index in [2.05, 4.69) is 31.4 Å². The number of halogens is 4. The number of nitrogens with zero attached hydrogens (tertiary/aromatic N) is 2. The number of methoxy groups -OCH3 is 1. The molecule has 1 heterocycles. The fourth-order valence-electron chi connectivity index (χ4n) is 2.37. The van der Waals surface area contributed by atoms with Crippen molar-refractivity contribution in [2.24, 2.45) is 5.10 Å². The van der Waals surface area contributed by atoms with Gasteiger partial charge in [-0.05, 0) is 28.1 Å². The van der Waals surface area contributed by atoms with E-state index >= 15 is 0 Å². The Morgan fingerprint density at radius 1 is 1.19 bits per heavy atom. The van der Waals surface area contributed by atoms with Gasteiger partial charge in [-0.3, -0.25) is 5.43 Å². The lowest BCUT2D eigenvalue weighted by molar-refractivity contribution is -0.137. The van der Waals surface area contributed by atoms with Gasteiger partial charge in [-0.2, -0.15) is 18.3 Å². The smallest absolute Gasteiger partial charge is 0.417 e. The number of nitrogens with one attached hydrogen (secondary N) is 1. The molecule has 0 saturated carbocycles. The molecule has 0 spiro atoms. The second-order valence-electron chi connectivity index (χ2n) is 5.31. The highest BCUT2D eigenvalue weighted by Gasteiger charge is 2.34. The van der Waals surface area contributed by atoms with Crippen LogP contribution in [0.1, 0.15) is 11.1 Å². The molecule has 1 N–H and O–H groups in total. The first-order chi connectivity index (χ1) is 12.9.